The van der Waals surface area contributed by atoms with E-state index in [2.05, 4.69) is 0 Å². The molecule has 0 amide bonds. The number of Topliss-reactive ketones (excluding diaryl/α,β-unsaturated/α-hetero) is 1. The molecule has 26 heavy (non-hydrogen) atoms. The monoisotopic (exact) mass is 366 g/mol. The minimum Gasteiger partial charge on any atom is -0.457 e. The Bertz CT molecular complexity index is 845. The number of rotatable bonds is 5. The molecule has 0 bridgehead atoms. The number of hydrogen-bond acceptors (Lipinski definition) is 5. The molecule has 0 aromatic heterocycles. The first-order valence-corrected chi connectivity index (χ1v) is 7.57. The molecule has 0 N–H and O–H groups in total. The number of fused-ring (bicyclic) bond motifs is 1. The van der Waals surface area contributed by atoms with E-state index in [1.165, 1.54) is 24.3 Å². The third-order valence-electron chi connectivity index (χ3n) is 3.66. The van der Waals surface area contributed by atoms with Crippen LogP contribution in [0.5, 0.6) is 11.5 Å². The lowest BCUT2D eigenvalue weighted by atomic mass is 10.1. The fourth-order valence-electron chi connectivity index (χ4n) is 2.37. The van der Waals surface area contributed by atoms with Crippen molar-refractivity contribution in [2.45, 2.75) is 12.6 Å². The van der Waals surface area contributed by atoms with Gasteiger partial charge in [0.15, 0.2) is 23.9 Å². The van der Waals surface area contributed by atoms with Crippen LogP contribution in [0.25, 0.3) is 0 Å². The molecule has 1 heterocycles. The lowest BCUT2D eigenvalue weighted by molar-refractivity contribution is -0.142. The summed E-state index contributed by atoms with van der Waals surface area (Å²) in [5.41, 5.74) is -0.416. The SMILES string of the molecule is O=C(Cc1cccc(C(F)(F)F)c1)OCC(=O)c1ccc2c(c1)OCO2. The van der Waals surface area contributed by atoms with Crippen molar-refractivity contribution >= 4 is 11.8 Å². The molecule has 1 aliphatic heterocycles. The van der Waals surface area contributed by atoms with Gasteiger partial charge in [-0.3, -0.25) is 9.59 Å². The summed E-state index contributed by atoms with van der Waals surface area (Å²) in [6.07, 6.45) is -4.85. The molecule has 2 aromatic carbocycles. The number of carbonyl (C=O) groups is 2. The van der Waals surface area contributed by atoms with Crippen LogP contribution in [0.4, 0.5) is 13.2 Å². The second-order valence-corrected chi connectivity index (χ2v) is 5.53. The molecule has 0 saturated heterocycles. The Morgan fingerprint density at radius 3 is 2.58 bits per heavy atom. The average molecular weight is 366 g/mol. The van der Waals surface area contributed by atoms with Gasteiger partial charge in [0, 0.05) is 5.56 Å². The molecular formula is C18H13F3O5. The maximum Gasteiger partial charge on any atom is 0.416 e. The summed E-state index contributed by atoms with van der Waals surface area (Å²) in [6.45, 7) is -0.448. The molecular weight excluding hydrogens is 353 g/mol. The van der Waals surface area contributed by atoms with Crippen LogP contribution in [0.2, 0.25) is 0 Å². The third-order valence-corrected chi connectivity index (χ3v) is 3.66. The van der Waals surface area contributed by atoms with E-state index in [4.69, 9.17) is 14.2 Å². The largest absolute Gasteiger partial charge is 0.457 e. The first kappa shape index (κ1) is 17.8. The summed E-state index contributed by atoms with van der Waals surface area (Å²) in [7, 11) is 0. The van der Waals surface area contributed by atoms with Crippen LogP contribution >= 0.6 is 0 Å². The van der Waals surface area contributed by atoms with Gasteiger partial charge in [0.25, 0.3) is 0 Å². The van der Waals surface area contributed by atoms with Gasteiger partial charge in [0.1, 0.15) is 0 Å². The van der Waals surface area contributed by atoms with Crippen molar-refractivity contribution in [2.75, 3.05) is 13.4 Å². The predicted octanol–water partition coefficient (Wildman–Crippen LogP) is 3.40. The second-order valence-electron chi connectivity index (χ2n) is 5.53. The van der Waals surface area contributed by atoms with Crippen LogP contribution in [-0.2, 0) is 22.1 Å². The molecule has 0 unspecified atom stereocenters. The van der Waals surface area contributed by atoms with Gasteiger partial charge in [-0.1, -0.05) is 18.2 Å². The number of esters is 1. The molecule has 1 aliphatic rings. The van der Waals surface area contributed by atoms with Crippen molar-refractivity contribution in [2.24, 2.45) is 0 Å². The highest BCUT2D eigenvalue weighted by Crippen LogP contribution is 2.32. The fourth-order valence-corrected chi connectivity index (χ4v) is 2.37. The topological polar surface area (TPSA) is 61.8 Å². The van der Waals surface area contributed by atoms with Gasteiger partial charge in [0.05, 0.1) is 12.0 Å². The van der Waals surface area contributed by atoms with Gasteiger partial charge in [-0.25, -0.2) is 0 Å². The van der Waals surface area contributed by atoms with E-state index in [0.717, 1.165) is 12.1 Å². The summed E-state index contributed by atoms with van der Waals surface area (Å²) in [5, 5.41) is 0. The molecule has 0 aliphatic carbocycles. The molecule has 0 radical (unpaired) electrons. The Kier molecular flexibility index (Phi) is 4.83. The van der Waals surface area contributed by atoms with Gasteiger partial charge in [-0.2, -0.15) is 13.2 Å². The lowest BCUT2D eigenvalue weighted by Crippen LogP contribution is -2.16. The molecule has 8 heteroatoms. The Balaban J connectivity index is 1.56. The molecule has 3 rings (SSSR count). The lowest BCUT2D eigenvalue weighted by Gasteiger charge is -2.09. The van der Waals surface area contributed by atoms with Crippen LogP contribution in [0, 0.1) is 0 Å². The van der Waals surface area contributed by atoms with Crippen molar-refractivity contribution in [1.82, 2.24) is 0 Å². The van der Waals surface area contributed by atoms with Crippen molar-refractivity contribution in [3.8, 4) is 11.5 Å². The smallest absolute Gasteiger partial charge is 0.416 e. The molecule has 0 atom stereocenters. The first-order valence-electron chi connectivity index (χ1n) is 7.57. The zero-order valence-electron chi connectivity index (χ0n) is 13.3. The minimum atomic E-state index is -4.49. The van der Waals surface area contributed by atoms with Crippen molar-refractivity contribution in [3.05, 3.63) is 59.2 Å². The summed E-state index contributed by atoms with van der Waals surface area (Å²) in [4.78, 5) is 23.9. The normalized spacial score (nSPS) is 12.7. The number of hydrogen-bond donors (Lipinski definition) is 0. The number of alkyl halides is 3. The molecule has 0 fully saturated rings. The molecule has 0 saturated carbocycles. The standard InChI is InChI=1S/C18H13F3O5/c19-18(20,21)13-3-1-2-11(6-13)7-17(23)24-9-14(22)12-4-5-15-16(8-12)26-10-25-15/h1-6,8H,7,9-10H2. The highest BCUT2D eigenvalue weighted by Gasteiger charge is 2.30. The van der Waals surface area contributed by atoms with E-state index in [1.54, 1.807) is 6.07 Å². The number of carbonyl (C=O) groups excluding carboxylic acids is 2. The summed E-state index contributed by atoms with van der Waals surface area (Å²) in [6, 6.07) is 8.94. The van der Waals surface area contributed by atoms with Crippen LogP contribution in [0.15, 0.2) is 42.5 Å². The summed E-state index contributed by atoms with van der Waals surface area (Å²) < 4.78 is 53.1. The van der Waals surface area contributed by atoms with Gasteiger partial charge in [0.2, 0.25) is 6.79 Å². The predicted molar refractivity (Wildman–Crippen MR) is 83.0 cm³/mol. The van der Waals surface area contributed by atoms with Crippen LogP contribution in [0.1, 0.15) is 21.5 Å². The summed E-state index contributed by atoms with van der Waals surface area (Å²) in [5.74, 6) is -0.312. The first-order chi connectivity index (χ1) is 12.3. The molecule has 136 valence electrons. The number of halogens is 3. The Morgan fingerprint density at radius 1 is 1.04 bits per heavy atom. The average Bonchev–Trinajstić information content (AvgIpc) is 3.07. The third kappa shape index (κ3) is 4.14. The van der Waals surface area contributed by atoms with Crippen LogP contribution in [0.3, 0.4) is 0 Å². The molecule has 2 aromatic rings. The van der Waals surface area contributed by atoms with Gasteiger partial charge >= 0.3 is 12.1 Å². The van der Waals surface area contributed by atoms with Gasteiger partial charge in [-0.05, 0) is 29.8 Å². The van der Waals surface area contributed by atoms with Crippen LogP contribution < -0.4 is 9.47 Å². The van der Waals surface area contributed by atoms with Crippen molar-refractivity contribution in [3.63, 3.8) is 0 Å². The van der Waals surface area contributed by atoms with Crippen LogP contribution in [-0.4, -0.2) is 25.2 Å². The van der Waals surface area contributed by atoms with Crippen molar-refractivity contribution < 1.29 is 37.0 Å². The van der Waals surface area contributed by atoms with E-state index in [-0.39, 0.29) is 24.3 Å². The Hall–Kier alpha value is -3.03. The maximum absolute atomic E-state index is 12.7. The zero-order valence-corrected chi connectivity index (χ0v) is 13.3. The highest BCUT2D eigenvalue weighted by atomic mass is 19.4. The molecule has 0 spiro atoms. The van der Waals surface area contributed by atoms with E-state index >= 15 is 0 Å². The quantitative estimate of drug-likeness (QED) is 0.600. The van der Waals surface area contributed by atoms with E-state index in [1.807, 2.05) is 0 Å². The maximum atomic E-state index is 12.7. The van der Waals surface area contributed by atoms with E-state index < -0.39 is 30.1 Å². The van der Waals surface area contributed by atoms with Gasteiger partial charge in [-0.15, -0.1) is 0 Å². The summed E-state index contributed by atoms with van der Waals surface area (Å²) >= 11 is 0. The van der Waals surface area contributed by atoms with Gasteiger partial charge < -0.3 is 14.2 Å². The number of benzene rings is 2. The number of ketones is 1. The fraction of sp³-hybridized carbons (Fsp3) is 0.222. The Labute approximate surface area is 146 Å². The van der Waals surface area contributed by atoms with E-state index in [9.17, 15) is 22.8 Å². The highest BCUT2D eigenvalue weighted by molar-refractivity contribution is 5.98. The zero-order chi connectivity index (χ0) is 18.7. The Morgan fingerprint density at radius 2 is 1.81 bits per heavy atom. The van der Waals surface area contributed by atoms with Crippen molar-refractivity contribution in [1.29, 1.82) is 0 Å². The number of ether oxygens (including phenoxy) is 3. The minimum absolute atomic E-state index is 0.0684. The van der Waals surface area contributed by atoms with E-state index in [0.29, 0.717) is 11.5 Å². The second kappa shape index (κ2) is 7.07. The molecule has 5 nitrogen and oxygen atoms in total.